The van der Waals surface area contributed by atoms with Gasteiger partial charge in [0.2, 0.25) is 0 Å². The van der Waals surface area contributed by atoms with E-state index in [2.05, 4.69) is 5.32 Å². The van der Waals surface area contributed by atoms with Crippen molar-refractivity contribution in [2.45, 2.75) is 29.9 Å². The van der Waals surface area contributed by atoms with Crippen LogP contribution in [0.1, 0.15) is 23.7 Å². The van der Waals surface area contributed by atoms with Gasteiger partial charge in [0.05, 0.1) is 11.7 Å². The molecule has 1 aliphatic rings. The highest BCUT2D eigenvalue weighted by Crippen LogP contribution is 2.25. The van der Waals surface area contributed by atoms with Crippen molar-refractivity contribution in [3.05, 3.63) is 29.8 Å². The molecule has 2 atom stereocenters. The van der Waals surface area contributed by atoms with E-state index < -0.39 is 5.60 Å². The number of benzene rings is 1. The number of hydrogen-bond donors (Lipinski definition) is 2. The van der Waals surface area contributed by atoms with E-state index in [4.69, 9.17) is 4.74 Å². The van der Waals surface area contributed by atoms with Crippen molar-refractivity contribution < 1.29 is 14.6 Å². The molecule has 0 saturated carbocycles. The monoisotopic (exact) mass is 281 g/mol. The van der Waals surface area contributed by atoms with Gasteiger partial charge in [-0.15, -0.1) is 11.8 Å². The van der Waals surface area contributed by atoms with E-state index in [0.29, 0.717) is 18.6 Å². The largest absolute Gasteiger partial charge is 0.385 e. The lowest BCUT2D eigenvalue weighted by Gasteiger charge is -2.26. The summed E-state index contributed by atoms with van der Waals surface area (Å²) in [6, 6.07) is 7.45. The van der Waals surface area contributed by atoms with Gasteiger partial charge in [-0.3, -0.25) is 4.79 Å². The first-order chi connectivity index (χ1) is 9.07. The van der Waals surface area contributed by atoms with Gasteiger partial charge < -0.3 is 15.2 Å². The van der Waals surface area contributed by atoms with Crippen molar-refractivity contribution >= 4 is 17.7 Å². The van der Waals surface area contributed by atoms with Crippen molar-refractivity contribution in [1.29, 1.82) is 0 Å². The molecule has 1 fully saturated rings. The van der Waals surface area contributed by atoms with E-state index >= 15 is 0 Å². The molecule has 0 aromatic heterocycles. The van der Waals surface area contributed by atoms with Crippen molar-refractivity contribution in [3.8, 4) is 0 Å². The van der Waals surface area contributed by atoms with Crippen LogP contribution in [0.4, 0.5) is 0 Å². The number of amides is 1. The zero-order valence-electron chi connectivity index (χ0n) is 11.2. The van der Waals surface area contributed by atoms with Gasteiger partial charge >= 0.3 is 0 Å². The van der Waals surface area contributed by atoms with E-state index in [1.807, 2.05) is 31.4 Å². The van der Waals surface area contributed by atoms with E-state index in [0.717, 1.165) is 4.90 Å². The van der Waals surface area contributed by atoms with Crippen molar-refractivity contribution in [2.24, 2.45) is 0 Å². The summed E-state index contributed by atoms with van der Waals surface area (Å²) in [4.78, 5) is 13.1. The summed E-state index contributed by atoms with van der Waals surface area (Å²) in [5.41, 5.74) is -0.311. The number of hydrogen-bond acceptors (Lipinski definition) is 4. The Morgan fingerprint density at radius 1 is 1.58 bits per heavy atom. The number of carbonyl (C=O) groups is 1. The molecule has 2 rings (SSSR count). The third-order valence-electron chi connectivity index (χ3n) is 3.57. The number of carbonyl (C=O) groups excluding carboxylic acids is 1. The number of nitrogens with one attached hydrogen (secondary N) is 1. The van der Waals surface area contributed by atoms with Gasteiger partial charge in [0.15, 0.2) is 0 Å². The molecule has 0 bridgehead atoms. The Morgan fingerprint density at radius 2 is 2.32 bits per heavy atom. The Labute approximate surface area is 117 Å². The molecule has 0 radical (unpaired) electrons. The van der Waals surface area contributed by atoms with Crippen LogP contribution in [-0.4, -0.2) is 42.1 Å². The highest BCUT2D eigenvalue weighted by Gasteiger charge is 2.39. The molecule has 1 aromatic rings. The summed E-state index contributed by atoms with van der Waals surface area (Å²) < 4.78 is 5.35. The first kappa shape index (κ1) is 14.4. The van der Waals surface area contributed by atoms with Gasteiger partial charge in [-0.25, -0.2) is 0 Å². The van der Waals surface area contributed by atoms with Gasteiger partial charge in [-0.1, -0.05) is 12.1 Å². The second kappa shape index (κ2) is 5.94. The fraction of sp³-hybridized carbons (Fsp3) is 0.500. The average molecular weight is 281 g/mol. The molecule has 1 heterocycles. The lowest BCUT2D eigenvalue weighted by Crippen LogP contribution is -2.47. The second-order valence-electron chi connectivity index (χ2n) is 4.75. The maximum absolute atomic E-state index is 12.2. The summed E-state index contributed by atoms with van der Waals surface area (Å²) in [5, 5.41) is 13.1. The van der Waals surface area contributed by atoms with E-state index in [9.17, 15) is 9.90 Å². The normalized spacial score (nSPS) is 26.4. The zero-order valence-corrected chi connectivity index (χ0v) is 12.0. The third-order valence-corrected chi connectivity index (χ3v) is 4.36. The Balaban J connectivity index is 2.02. The minimum Gasteiger partial charge on any atom is -0.385 e. The average Bonchev–Trinajstić information content (AvgIpc) is 2.76. The molecule has 2 N–H and O–H groups in total. The Bertz CT molecular complexity index is 466. The first-order valence-electron chi connectivity index (χ1n) is 6.32. The number of thioether (sulfide) groups is 1. The van der Waals surface area contributed by atoms with Gasteiger partial charge in [-0.2, -0.15) is 0 Å². The second-order valence-corrected chi connectivity index (χ2v) is 5.60. The topological polar surface area (TPSA) is 58.6 Å². The molecule has 1 saturated heterocycles. The summed E-state index contributed by atoms with van der Waals surface area (Å²) in [7, 11) is 0. The van der Waals surface area contributed by atoms with Crippen LogP contribution in [0.2, 0.25) is 0 Å². The quantitative estimate of drug-likeness (QED) is 0.824. The molecular weight excluding hydrogens is 262 g/mol. The van der Waals surface area contributed by atoms with Crippen LogP contribution in [0.3, 0.4) is 0 Å². The molecular formula is C14H19NO3S. The number of rotatable bonds is 4. The molecule has 4 nitrogen and oxygen atoms in total. The molecule has 19 heavy (non-hydrogen) atoms. The third kappa shape index (κ3) is 3.11. The van der Waals surface area contributed by atoms with Crippen molar-refractivity contribution in [3.63, 3.8) is 0 Å². The smallest absolute Gasteiger partial charge is 0.252 e. The van der Waals surface area contributed by atoms with Crippen LogP contribution in [0.15, 0.2) is 29.2 Å². The van der Waals surface area contributed by atoms with Crippen LogP contribution >= 0.6 is 11.8 Å². The van der Waals surface area contributed by atoms with Crippen LogP contribution in [-0.2, 0) is 4.74 Å². The van der Waals surface area contributed by atoms with Gasteiger partial charge in [0.1, 0.15) is 5.60 Å². The Kier molecular flexibility index (Phi) is 4.50. The lowest BCUT2D eigenvalue weighted by atomic mass is 9.96. The van der Waals surface area contributed by atoms with Crippen molar-refractivity contribution in [2.75, 3.05) is 19.4 Å². The van der Waals surface area contributed by atoms with E-state index in [1.54, 1.807) is 6.07 Å². The fourth-order valence-corrected chi connectivity index (χ4v) is 2.76. The minimum atomic E-state index is -0.954. The van der Waals surface area contributed by atoms with Gasteiger partial charge in [0.25, 0.3) is 5.91 Å². The molecule has 1 amide bonds. The SMILES string of the molecule is CSc1ccccc1C(=O)NCC1(O)CCOC1C. The molecule has 1 aromatic carbocycles. The highest BCUT2D eigenvalue weighted by molar-refractivity contribution is 7.98. The first-order valence-corrected chi connectivity index (χ1v) is 7.54. The predicted octanol–water partition coefficient (Wildman–Crippen LogP) is 1.68. The summed E-state index contributed by atoms with van der Waals surface area (Å²) in [6.45, 7) is 2.58. The van der Waals surface area contributed by atoms with Crippen LogP contribution in [0.5, 0.6) is 0 Å². The number of aliphatic hydroxyl groups is 1. The molecule has 104 valence electrons. The number of ether oxygens (including phenoxy) is 1. The van der Waals surface area contributed by atoms with E-state index in [-0.39, 0.29) is 18.6 Å². The standard InChI is InChI=1S/C14H19NO3S/c1-10-14(17,7-8-18-10)9-15-13(16)11-5-3-4-6-12(11)19-2/h3-6,10,17H,7-9H2,1-2H3,(H,15,16). The molecule has 0 aliphatic carbocycles. The Hall–Kier alpha value is -1.04. The molecule has 1 aliphatic heterocycles. The van der Waals surface area contributed by atoms with Crippen molar-refractivity contribution in [1.82, 2.24) is 5.32 Å². The van der Waals surface area contributed by atoms with Crippen LogP contribution in [0, 0.1) is 0 Å². The molecule has 2 unspecified atom stereocenters. The summed E-state index contributed by atoms with van der Waals surface area (Å²) in [6.07, 6.45) is 2.24. The summed E-state index contributed by atoms with van der Waals surface area (Å²) >= 11 is 1.53. The Morgan fingerprint density at radius 3 is 2.95 bits per heavy atom. The van der Waals surface area contributed by atoms with E-state index in [1.165, 1.54) is 11.8 Å². The lowest BCUT2D eigenvalue weighted by molar-refractivity contribution is -0.0251. The maximum Gasteiger partial charge on any atom is 0.252 e. The van der Waals surface area contributed by atoms with Crippen LogP contribution in [0.25, 0.3) is 0 Å². The summed E-state index contributed by atoms with van der Waals surface area (Å²) in [5.74, 6) is -0.155. The highest BCUT2D eigenvalue weighted by atomic mass is 32.2. The zero-order chi connectivity index (χ0) is 13.9. The van der Waals surface area contributed by atoms with Crippen LogP contribution < -0.4 is 5.32 Å². The molecule has 5 heteroatoms. The minimum absolute atomic E-state index is 0.155. The maximum atomic E-state index is 12.2. The molecule has 0 spiro atoms. The fourth-order valence-electron chi connectivity index (χ4n) is 2.16. The van der Waals surface area contributed by atoms with Gasteiger partial charge in [-0.05, 0) is 25.3 Å². The predicted molar refractivity (Wildman–Crippen MR) is 75.5 cm³/mol. The van der Waals surface area contributed by atoms with Gasteiger partial charge in [0, 0.05) is 24.5 Å².